The van der Waals surface area contributed by atoms with Crippen molar-refractivity contribution in [3.63, 3.8) is 0 Å². The number of imidazole rings is 1. The van der Waals surface area contributed by atoms with Gasteiger partial charge in [-0.1, -0.05) is 24.3 Å². The van der Waals surface area contributed by atoms with E-state index in [4.69, 9.17) is 0 Å². The maximum atomic E-state index is 4.01. The number of quaternary nitrogens is 1. The molecular formula is C11H14N3+. The van der Waals surface area contributed by atoms with E-state index in [0.29, 0.717) is 0 Å². The van der Waals surface area contributed by atoms with Crippen LogP contribution < -0.4 is 5.73 Å². The highest BCUT2D eigenvalue weighted by atomic mass is 15.0. The van der Waals surface area contributed by atoms with Crippen molar-refractivity contribution in [1.82, 2.24) is 9.55 Å². The van der Waals surface area contributed by atoms with Gasteiger partial charge in [0.05, 0.1) is 12.9 Å². The Kier molecular flexibility index (Phi) is 2.60. The molecule has 3 N–H and O–H groups in total. The lowest BCUT2D eigenvalue weighted by molar-refractivity contribution is -0.386. The van der Waals surface area contributed by atoms with Gasteiger partial charge in [0.2, 0.25) is 0 Å². The molecule has 0 bridgehead atoms. The highest BCUT2D eigenvalue weighted by Crippen LogP contribution is 2.05. The van der Waals surface area contributed by atoms with Gasteiger partial charge in [0, 0.05) is 24.5 Å². The van der Waals surface area contributed by atoms with Crippen LogP contribution in [0.3, 0.4) is 0 Å². The fourth-order valence-electron chi connectivity index (χ4n) is 1.40. The van der Waals surface area contributed by atoms with Gasteiger partial charge >= 0.3 is 0 Å². The monoisotopic (exact) mass is 188 g/mol. The van der Waals surface area contributed by atoms with Crippen LogP contribution in [0, 0.1) is 0 Å². The number of benzene rings is 1. The molecule has 0 fully saturated rings. The normalized spacial score (nSPS) is 10.4. The topological polar surface area (TPSA) is 45.5 Å². The van der Waals surface area contributed by atoms with Crippen LogP contribution in [0.1, 0.15) is 11.1 Å². The summed E-state index contributed by atoms with van der Waals surface area (Å²) in [7, 11) is 0. The number of hydrogen-bond acceptors (Lipinski definition) is 1. The minimum Gasteiger partial charge on any atom is -0.354 e. The standard InChI is InChI=1S/C11H13N3/c12-7-10-1-3-11(4-2-10)8-14-6-5-13-9-14/h1-6,9H,7-8,12H2/p+1. The van der Waals surface area contributed by atoms with Gasteiger partial charge in [0.25, 0.3) is 0 Å². The molecule has 0 spiro atoms. The second kappa shape index (κ2) is 4.07. The van der Waals surface area contributed by atoms with Gasteiger partial charge in [-0.2, -0.15) is 0 Å². The van der Waals surface area contributed by atoms with Crippen LogP contribution in [-0.2, 0) is 13.1 Å². The summed E-state index contributed by atoms with van der Waals surface area (Å²) < 4.78 is 2.05. The van der Waals surface area contributed by atoms with Crippen LogP contribution in [0.25, 0.3) is 0 Å². The molecule has 2 rings (SSSR count). The summed E-state index contributed by atoms with van der Waals surface area (Å²) in [6.07, 6.45) is 5.59. The lowest BCUT2D eigenvalue weighted by Crippen LogP contribution is -2.47. The zero-order chi connectivity index (χ0) is 9.80. The Morgan fingerprint density at radius 2 is 1.86 bits per heavy atom. The molecule has 0 saturated carbocycles. The first-order valence-electron chi connectivity index (χ1n) is 4.71. The van der Waals surface area contributed by atoms with Crippen LogP contribution >= 0.6 is 0 Å². The minimum absolute atomic E-state index is 0.853. The summed E-state index contributed by atoms with van der Waals surface area (Å²) in [6.45, 7) is 1.74. The van der Waals surface area contributed by atoms with Crippen LogP contribution in [0.4, 0.5) is 0 Å². The minimum atomic E-state index is 0.853. The Morgan fingerprint density at radius 1 is 1.14 bits per heavy atom. The number of hydrogen-bond donors (Lipinski definition) is 1. The van der Waals surface area contributed by atoms with Gasteiger partial charge in [0.1, 0.15) is 0 Å². The van der Waals surface area contributed by atoms with E-state index in [0.717, 1.165) is 13.1 Å². The van der Waals surface area contributed by atoms with Crippen molar-refractivity contribution in [1.29, 1.82) is 0 Å². The lowest BCUT2D eigenvalue weighted by atomic mass is 10.1. The van der Waals surface area contributed by atoms with E-state index in [-0.39, 0.29) is 0 Å². The fraction of sp³-hybridized carbons (Fsp3) is 0.182. The fourth-order valence-corrected chi connectivity index (χ4v) is 1.40. The number of rotatable bonds is 3. The molecule has 0 aliphatic heterocycles. The molecule has 3 nitrogen and oxygen atoms in total. The average Bonchev–Trinajstić information content (AvgIpc) is 2.72. The zero-order valence-corrected chi connectivity index (χ0v) is 8.06. The van der Waals surface area contributed by atoms with Crippen LogP contribution in [0.15, 0.2) is 43.0 Å². The predicted molar refractivity (Wildman–Crippen MR) is 54.4 cm³/mol. The Hall–Kier alpha value is -1.61. The van der Waals surface area contributed by atoms with Gasteiger partial charge in [-0.05, 0) is 5.56 Å². The van der Waals surface area contributed by atoms with Gasteiger partial charge < -0.3 is 10.3 Å². The van der Waals surface area contributed by atoms with Crippen LogP contribution in [-0.4, -0.2) is 9.55 Å². The third kappa shape index (κ3) is 2.00. The third-order valence-electron chi connectivity index (χ3n) is 2.24. The van der Waals surface area contributed by atoms with Crippen molar-refractivity contribution in [3.05, 3.63) is 54.1 Å². The Bertz CT molecular complexity index is 375. The summed E-state index contributed by atoms with van der Waals surface area (Å²) >= 11 is 0. The smallest absolute Gasteiger partial charge is 0.0997 e. The summed E-state index contributed by atoms with van der Waals surface area (Å²) in [5.74, 6) is 0. The first kappa shape index (κ1) is 8.97. The molecule has 0 amide bonds. The van der Waals surface area contributed by atoms with Crippen molar-refractivity contribution in [2.45, 2.75) is 13.1 Å². The quantitative estimate of drug-likeness (QED) is 0.756. The highest BCUT2D eigenvalue weighted by Gasteiger charge is 1.95. The van der Waals surface area contributed by atoms with E-state index in [1.54, 1.807) is 6.20 Å². The molecule has 0 unspecified atom stereocenters. The maximum Gasteiger partial charge on any atom is 0.0997 e. The molecule has 0 saturated heterocycles. The lowest BCUT2D eigenvalue weighted by Gasteiger charge is -2.02. The summed E-state index contributed by atoms with van der Waals surface area (Å²) in [4.78, 5) is 4.01. The van der Waals surface area contributed by atoms with E-state index in [1.165, 1.54) is 11.1 Å². The van der Waals surface area contributed by atoms with Gasteiger partial charge in [-0.3, -0.25) is 0 Å². The molecule has 0 aliphatic carbocycles. The first-order chi connectivity index (χ1) is 6.88. The first-order valence-corrected chi connectivity index (χ1v) is 4.71. The predicted octanol–water partition coefficient (Wildman–Crippen LogP) is 0.673. The van der Waals surface area contributed by atoms with Crippen molar-refractivity contribution < 1.29 is 5.73 Å². The third-order valence-corrected chi connectivity index (χ3v) is 2.24. The zero-order valence-electron chi connectivity index (χ0n) is 8.06. The molecule has 72 valence electrons. The maximum absolute atomic E-state index is 4.01. The van der Waals surface area contributed by atoms with E-state index >= 15 is 0 Å². The second-order valence-corrected chi connectivity index (χ2v) is 3.30. The molecule has 3 heteroatoms. The molecular weight excluding hydrogens is 174 g/mol. The molecule has 0 aliphatic rings. The summed E-state index contributed by atoms with van der Waals surface area (Å²) in [5, 5.41) is 0. The van der Waals surface area contributed by atoms with Gasteiger partial charge in [0.15, 0.2) is 0 Å². The molecule has 1 aromatic heterocycles. The van der Waals surface area contributed by atoms with Gasteiger partial charge in [-0.25, -0.2) is 4.98 Å². The Labute approximate surface area is 83.2 Å². The molecule has 0 radical (unpaired) electrons. The van der Waals surface area contributed by atoms with Crippen molar-refractivity contribution in [2.75, 3.05) is 0 Å². The van der Waals surface area contributed by atoms with Crippen molar-refractivity contribution in [2.24, 2.45) is 0 Å². The molecule has 14 heavy (non-hydrogen) atoms. The van der Waals surface area contributed by atoms with Crippen LogP contribution in [0.2, 0.25) is 0 Å². The summed E-state index contributed by atoms with van der Waals surface area (Å²) in [6, 6.07) is 8.53. The highest BCUT2D eigenvalue weighted by molar-refractivity contribution is 5.22. The average molecular weight is 188 g/mol. The van der Waals surface area contributed by atoms with E-state index in [2.05, 4.69) is 39.6 Å². The van der Waals surface area contributed by atoms with Crippen molar-refractivity contribution in [3.8, 4) is 0 Å². The molecule has 0 atom stereocenters. The van der Waals surface area contributed by atoms with Gasteiger partial charge in [-0.15, -0.1) is 0 Å². The van der Waals surface area contributed by atoms with Crippen molar-refractivity contribution >= 4 is 0 Å². The largest absolute Gasteiger partial charge is 0.354 e. The van der Waals surface area contributed by atoms with E-state index in [1.807, 2.05) is 12.5 Å². The van der Waals surface area contributed by atoms with Crippen LogP contribution in [0.5, 0.6) is 0 Å². The summed E-state index contributed by atoms with van der Waals surface area (Å²) in [5.41, 5.74) is 6.42. The second-order valence-electron chi connectivity index (χ2n) is 3.30. The Morgan fingerprint density at radius 3 is 2.43 bits per heavy atom. The van der Waals surface area contributed by atoms with E-state index < -0.39 is 0 Å². The number of nitrogens with zero attached hydrogens (tertiary/aromatic N) is 2. The number of aromatic nitrogens is 2. The Balaban J connectivity index is 2.10. The molecule has 1 aromatic carbocycles. The molecule has 2 aromatic rings. The SMILES string of the molecule is [NH3+]Cc1ccc(Cn2ccnc2)cc1. The molecule has 1 heterocycles. The van der Waals surface area contributed by atoms with E-state index in [9.17, 15) is 0 Å².